The van der Waals surface area contributed by atoms with E-state index in [9.17, 15) is 5.11 Å². The third kappa shape index (κ3) is 3.48. The lowest BCUT2D eigenvalue weighted by molar-refractivity contribution is 0.301. The normalized spacial score (nSPS) is 10.2. The van der Waals surface area contributed by atoms with Gasteiger partial charge in [0.1, 0.15) is 5.75 Å². The lowest BCUT2D eigenvalue weighted by Crippen LogP contribution is -2.26. The van der Waals surface area contributed by atoms with Crippen molar-refractivity contribution in [2.45, 2.75) is 6.54 Å². The van der Waals surface area contributed by atoms with Gasteiger partial charge in [-0.3, -0.25) is 0 Å². The summed E-state index contributed by atoms with van der Waals surface area (Å²) < 4.78 is 5.39. The molecule has 0 heterocycles. The van der Waals surface area contributed by atoms with Crippen molar-refractivity contribution >= 4 is 5.69 Å². The molecular weight excluding hydrogens is 238 g/mol. The van der Waals surface area contributed by atoms with Crippen molar-refractivity contribution in [2.24, 2.45) is 0 Å². The van der Waals surface area contributed by atoms with Gasteiger partial charge in [-0.25, -0.2) is 0 Å². The van der Waals surface area contributed by atoms with Crippen molar-refractivity contribution in [1.29, 1.82) is 0 Å². The Morgan fingerprint density at radius 1 is 1.00 bits per heavy atom. The summed E-state index contributed by atoms with van der Waals surface area (Å²) in [6.07, 6.45) is 0. The first-order valence-electron chi connectivity index (χ1n) is 6.38. The zero-order valence-corrected chi connectivity index (χ0v) is 11.1. The Bertz CT molecular complexity index is 499. The standard InChI is InChI=1S/C16H19NO2/c1-19-16-10-6-5-9-15(16)17(11-12-18)13-14-7-3-2-4-8-14/h2-10,18H,11-13H2,1H3. The van der Waals surface area contributed by atoms with E-state index in [1.165, 1.54) is 5.56 Å². The first-order valence-corrected chi connectivity index (χ1v) is 6.38. The summed E-state index contributed by atoms with van der Waals surface area (Å²) in [6, 6.07) is 18.1. The van der Waals surface area contributed by atoms with Crippen LogP contribution in [0.2, 0.25) is 0 Å². The third-order valence-corrected chi connectivity index (χ3v) is 3.01. The molecule has 0 unspecified atom stereocenters. The Morgan fingerprint density at radius 2 is 1.68 bits per heavy atom. The fourth-order valence-electron chi connectivity index (χ4n) is 2.10. The number of hydrogen-bond acceptors (Lipinski definition) is 3. The molecule has 0 radical (unpaired) electrons. The molecule has 3 nitrogen and oxygen atoms in total. The second-order valence-electron chi connectivity index (χ2n) is 4.30. The number of rotatable bonds is 6. The van der Waals surface area contributed by atoms with E-state index >= 15 is 0 Å². The Morgan fingerprint density at radius 3 is 2.37 bits per heavy atom. The summed E-state index contributed by atoms with van der Waals surface area (Å²) in [5.74, 6) is 0.826. The molecule has 0 bridgehead atoms. The maximum atomic E-state index is 9.26. The van der Waals surface area contributed by atoms with Gasteiger partial charge in [0.15, 0.2) is 0 Å². The van der Waals surface area contributed by atoms with Crippen LogP contribution in [0.3, 0.4) is 0 Å². The number of nitrogens with zero attached hydrogens (tertiary/aromatic N) is 1. The average molecular weight is 257 g/mol. The fourth-order valence-corrected chi connectivity index (χ4v) is 2.10. The molecule has 0 aliphatic carbocycles. The number of aliphatic hydroxyl groups is 1. The van der Waals surface area contributed by atoms with Crippen LogP contribution in [0, 0.1) is 0 Å². The summed E-state index contributed by atoms with van der Waals surface area (Å²) >= 11 is 0. The van der Waals surface area contributed by atoms with E-state index in [1.54, 1.807) is 7.11 Å². The Kier molecular flexibility index (Phi) is 4.81. The van der Waals surface area contributed by atoms with Crippen molar-refractivity contribution < 1.29 is 9.84 Å². The van der Waals surface area contributed by atoms with Gasteiger partial charge in [0.25, 0.3) is 0 Å². The predicted molar refractivity (Wildman–Crippen MR) is 77.6 cm³/mol. The van der Waals surface area contributed by atoms with E-state index < -0.39 is 0 Å². The second-order valence-corrected chi connectivity index (χ2v) is 4.30. The van der Waals surface area contributed by atoms with E-state index in [-0.39, 0.29) is 6.61 Å². The molecule has 3 heteroatoms. The molecule has 0 aromatic heterocycles. The van der Waals surface area contributed by atoms with Crippen molar-refractivity contribution in [3.63, 3.8) is 0 Å². The summed E-state index contributed by atoms with van der Waals surface area (Å²) in [6.45, 7) is 1.45. The highest BCUT2D eigenvalue weighted by molar-refractivity contribution is 5.58. The van der Waals surface area contributed by atoms with Crippen LogP contribution in [0.5, 0.6) is 5.75 Å². The largest absolute Gasteiger partial charge is 0.495 e. The van der Waals surface area contributed by atoms with Gasteiger partial charge in [0.2, 0.25) is 0 Å². The number of anilines is 1. The van der Waals surface area contributed by atoms with E-state index in [1.807, 2.05) is 42.5 Å². The summed E-state index contributed by atoms with van der Waals surface area (Å²) in [4.78, 5) is 2.12. The van der Waals surface area contributed by atoms with E-state index in [2.05, 4.69) is 17.0 Å². The molecule has 0 saturated carbocycles. The third-order valence-electron chi connectivity index (χ3n) is 3.01. The van der Waals surface area contributed by atoms with Crippen LogP contribution in [0.25, 0.3) is 0 Å². The summed E-state index contributed by atoms with van der Waals surface area (Å²) in [5.41, 5.74) is 2.21. The molecule has 100 valence electrons. The lowest BCUT2D eigenvalue weighted by Gasteiger charge is -2.25. The minimum absolute atomic E-state index is 0.116. The first-order chi connectivity index (χ1) is 9.35. The molecule has 1 N–H and O–H groups in total. The van der Waals surface area contributed by atoms with Crippen LogP contribution in [0.15, 0.2) is 54.6 Å². The quantitative estimate of drug-likeness (QED) is 0.863. The Hall–Kier alpha value is -2.00. The molecule has 0 amide bonds. The summed E-state index contributed by atoms with van der Waals surface area (Å²) in [5, 5.41) is 9.26. The van der Waals surface area contributed by atoms with Gasteiger partial charge >= 0.3 is 0 Å². The van der Waals surface area contributed by atoms with Crippen molar-refractivity contribution in [3.8, 4) is 5.75 Å². The minimum Gasteiger partial charge on any atom is -0.495 e. The van der Waals surface area contributed by atoms with Gasteiger partial charge in [0.05, 0.1) is 19.4 Å². The molecule has 0 spiro atoms. The maximum Gasteiger partial charge on any atom is 0.142 e. The lowest BCUT2D eigenvalue weighted by atomic mass is 10.2. The average Bonchev–Trinajstić information content (AvgIpc) is 2.48. The van der Waals surface area contributed by atoms with Gasteiger partial charge < -0.3 is 14.7 Å². The monoisotopic (exact) mass is 257 g/mol. The van der Waals surface area contributed by atoms with Crippen molar-refractivity contribution in [3.05, 3.63) is 60.2 Å². The Labute approximate surface area is 114 Å². The van der Waals surface area contributed by atoms with Crippen LogP contribution in [0.4, 0.5) is 5.69 Å². The topological polar surface area (TPSA) is 32.7 Å². The highest BCUT2D eigenvalue weighted by Gasteiger charge is 2.11. The molecule has 19 heavy (non-hydrogen) atoms. The van der Waals surface area contributed by atoms with Gasteiger partial charge in [-0.05, 0) is 17.7 Å². The molecule has 2 aromatic rings. The fraction of sp³-hybridized carbons (Fsp3) is 0.250. The van der Waals surface area contributed by atoms with Gasteiger partial charge in [-0.15, -0.1) is 0 Å². The summed E-state index contributed by atoms with van der Waals surface area (Å²) in [7, 11) is 1.67. The zero-order chi connectivity index (χ0) is 13.5. The van der Waals surface area contributed by atoms with Crippen LogP contribution in [0.1, 0.15) is 5.56 Å². The SMILES string of the molecule is COc1ccccc1N(CCO)Cc1ccccc1. The number of para-hydroxylation sites is 2. The zero-order valence-electron chi connectivity index (χ0n) is 11.1. The Balaban J connectivity index is 2.24. The molecule has 0 aliphatic rings. The van der Waals surface area contributed by atoms with Crippen LogP contribution in [-0.4, -0.2) is 25.4 Å². The highest BCUT2D eigenvalue weighted by Crippen LogP contribution is 2.28. The minimum atomic E-state index is 0.116. The van der Waals surface area contributed by atoms with Crippen molar-refractivity contribution in [2.75, 3.05) is 25.2 Å². The van der Waals surface area contributed by atoms with Crippen LogP contribution < -0.4 is 9.64 Å². The number of benzene rings is 2. The van der Waals surface area contributed by atoms with Gasteiger partial charge in [0, 0.05) is 13.1 Å². The van der Waals surface area contributed by atoms with E-state index in [0.717, 1.165) is 18.0 Å². The number of methoxy groups -OCH3 is 1. The predicted octanol–water partition coefficient (Wildman–Crippen LogP) is 2.69. The van der Waals surface area contributed by atoms with Crippen LogP contribution in [-0.2, 0) is 6.54 Å². The number of ether oxygens (including phenoxy) is 1. The maximum absolute atomic E-state index is 9.26. The van der Waals surface area contributed by atoms with Gasteiger partial charge in [-0.2, -0.15) is 0 Å². The van der Waals surface area contributed by atoms with Gasteiger partial charge in [-0.1, -0.05) is 42.5 Å². The molecule has 2 rings (SSSR count). The first kappa shape index (κ1) is 13.4. The smallest absolute Gasteiger partial charge is 0.142 e. The molecule has 0 atom stereocenters. The van der Waals surface area contributed by atoms with Crippen molar-refractivity contribution in [1.82, 2.24) is 0 Å². The second kappa shape index (κ2) is 6.81. The molecular formula is C16H19NO2. The molecule has 0 aliphatic heterocycles. The molecule has 0 fully saturated rings. The molecule has 0 saturated heterocycles. The van der Waals surface area contributed by atoms with E-state index in [4.69, 9.17) is 4.74 Å². The highest BCUT2D eigenvalue weighted by atomic mass is 16.5. The molecule has 2 aromatic carbocycles. The van der Waals surface area contributed by atoms with Crippen LogP contribution >= 0.6 is 0 Å². The number of aliphatic hydroxyl groups excluding tert-OH is 1. The van der Waals surface area contributed by atoms with E-state index in [0.29, 0.717) is 6.54 Å². The number of hydrogen-bond donors (Lipinski definition) is 1.